The van der Waals surface area contributed by atoms with Gasteiger partial charge in [0.1, 0.15) is 6.04 Å². The standard InChI is InChI=1S/C11H18F3NO2.ClH/c1-7(15)10(16)17-6-8-2-4-9(5-3-8)11(12,13)14;/h7-9H,2-6,15H2,1H3;1H. The molecule has 18 heavy (non-hydrogen) atoms. The van der Waals surface area contributed by atoms with Gasteiger partial charge in [0, 0.05) is 0 Å². The van der Waals surface area contributed by atoms with Crippen LogP contribution in [0.25, 0.3) is 0 Å². The van der Waals surface area contributed by atoms with Crippen molar-refractivity contribution in [2.75, 3.05) is 6.61 Å². The lowest BCUT2D eigenvalue weighted by Crippen LogP contribution is -2.32. The predicted molar refractivity (Wildman–Crippen MR) is 63.4 cm³/mol. The van der Waals surface area contributed by atoms with E-state index in [2.05, 4.69) is 0 Å². The van der Waals surface area contributed by atoms with E-state index in [1.165, 1.54) is 6.92 Å². The fraction of sp³-hybridized carbons (Fsp3) is 0.909. The molecule has 0 amide bonds. The summed E-state index contributed by atoms with van der Waals surface area (Å²) in [6, 6.07) is -0.679. The second-order valence-electron chi connectivity index (χ2n) is 4.68. The Morgan fingerprint density at radius 3 is 2.22 bits per heavy atom. The Morgan fingerprint density at radius 2 is 1.83 bits per heavy atom. The minimum Gasteiger partial charge on any atom is -0.464 e. The minimum absolute atomic E-state index is 0. The van der Waals surface area contributed by atoms with Crippen LogP contribution in [0.4, 0.5) is 13.2 Å². The third-order valence-electron chi connectivity index (χ3n) is 3.14. The Labute approximate surface area is 111 Å². The quantitative estimate of drug-likeness (QED) is 0.813. The maximum atomic E-state index is 12.4. The Morgan fingerprint density at radius 1 is 1.33 bits per heavy atom. The van der Waals surface area contributed by atoms with Crippen molar-refractivity contribution >= 4 is 18.4 Å². The molecule has 1 atom stereocenters. The second kappa shape index (κ2) is 7.19. The van der Waals surface area contributed by atoms with Crippen molar-refractivity contribution in [1.29, 1.82) is 0 Å². The van der Waals surface area contributed by atoms with Crippen LogP contribution in [0, 0.1) is 11.8 Å². The fourth-order valence-corrected chi connectivity index (χ4v) is 1.99. The van der Waals surface area contributed by atoms with Crippen LogP contribution in [0.15, 0.2) is 0 Å². The van der Waals surface area contributed by atoms with Crippen LogP contribution in [0.1, 0.15) is 32.6 Å². The molecule has 0 aliphatic heterocycles. The lowest BCUT2D eigenvalue weighted by atomic mass is 9.82. The zero-order valence-electron chi connectivity index (χ0n) is 10.2. The largest absolute Gasteiger partial charge is 0.464 e. The molecular weight excluding hydrogens is 271 g/mol. The highest BCUT2D eigenvalue weighted by Crippen LogP contribution is 2.39. The Hall–Kier alpha value is -0.490. The van der Waals surface area contributed by atoms with Crippen LogP contribution >= 0.6 is 12.4 Å². The van der Waals surface area contributed by atoms with E-state index >= 15 is 0 Å². The Bertz CT molecular complexity index is 264. The zero-order chi connectivity index (χ0) is 13.1. The molecule has 2 N–H and O–H groups in total. The van der Waals surface area contributed by atoms with Gasteiger partial charge in [-0.25, -0.2) is 0 Å². The van der Waals surface area contributed by atoms with Crippen molar-refractivity contribution in [2.24, 2.45) is 17.6 Å². The van der Waals surface area contributed by atoms with Crippen LogP contribution in [0.3, 0.4) is 0 Å². The molecule has 1 aliphatic rings. The van der Waals surface area contributed by atoms with Gasteiger partial charge in [-0.15, -0.1) is 12.4 Å². The smallest absolute Gasteiger partial charge is 0.391 e. The first kappa shape index (κ1) is 17.5. The highest BCUT2D eigenvalue weighted by molar-refractivity contribution is 5.85. The van der Waals surface area contributed by atoms with E-state index in [0.29, 0.717) is 12.8 Å². The summed E-state index contributed by atoms with van der Waals surface area (Å²) in [4.78, 5) is 11.1. The monoisotopic (exact) mass is 289 g/mol. The normalized spacial score (nSPS) is 26.1. The maximum absolute atomic E-state index is 12.4. The van der Waals surface area contributed by atoms with Gasteiger partial charge < -0.3 is 10.5 Å². The number of carbonyl (C=O) groups excluding carboxylic acids is 1. The molecule has 0 spiro atoms. The van der Waals surface area contributed by atoms with Crippen molar-refractivity contribution in [3.63, 3.8) is 0 Å². The first-order chi connectivity index (χ1) is 7.80. The summed E-state index contributed by atoms with van der Waals surface area (Å²) >= 11 is 0. The van der Waals surface area contributed by atoms with E-state index in [9.17, 15) is 18.0 Å². The topological polar surface area (TPSA) is 52.3 Å². The van der Waals surface area contributed by atoms with Gasteiger partial charge in [-0.2, -0.15) is 13.2 Å². The van der Waals surface area contributed by atoms with Crippen molar-refractivity contribution < 1.29 is 22.7 Å². The SMILES string of the molecule is CC(N)C(=O)OCC1CCC(C(F)(F)F)CC1.Cl. The van der Waals surface area contributed by atoms with E-state index in [1.54, 1.807) is 0 Å². The van der Waals surface area contributed by atoms with E-state index in [0.717, 1.165) is 0 Å². The van der Waals surface area contributed by atoms with Crippen molar-refractivity contribution in [3.05, 3.63) is 0 Å². The fourth-order valence-electron chi connectivity index (χ4n) is 1.99. The van der Waals surface area contributed by atoms with Gasteiger partial charge in [0.2, 0.25) is 0 Å². The molecule has 1 saturated carbocycles. The van der Waals surface area contributed by atoms with Crippen molar-refractivity contribution in [2.45, 2.75) is 44.8 Å². The third kappa shape index (κ3) is 5.44. The molecule has 0 aromatic rings. The molecule has 3 nitrogen and oxygen atoms in total. The number of ether oxygens (including phenoxy) is 1. The summed E-state index contributed by atoms with van der Waals surface area (Å²) in [5.74, 6) is -1.65. The molecule has 0 bridgehead atoms. The molecule has 0 aromatic heterocycles. The number of nitrogens with two attached hydrogens (primary N) is 1. The first-order valence-corrected chi connectivity index (χ1v) is 5.79. The van der Waals surface area contributed by atoms with Gasteiger partial charge in [-0.05, 0) is 38.5 Å². The molecular formula is C11H19ClF3NO2. The van der Waals surface area contributed by atoms with Crippen LogP contribution in [-0.2, 0) is 9.53 Å². The molecule has 1 unspecified atom stereocenters. The maximum Gasteiger partial charge on any atom is 0.391 e. The number of alkyl halides is 3. The number of rotatable bonds is 3. The lowest BCUT2D eigenvalue weighted by molar-refractivity contribution is -0.185. The van der Waals surface area contributed by atoms with E-state index in [4.69, 9.17) is 10.5 Å². The number of halogens is 4. The van der Waals surface area contributed by atoms with Gasteiger partial charge in [0.05, 0.1) is 12.5 Å². The molecule has 1 rings (SSSR count). The van der Waals surface area contributed by atoms with Gasteiger partial charge in [-0.1, -0.05) is 0 Å². The summed E-state index contributed by atoms with van der Waals surface area (Å²) in [6.07, 6.45) is -2.92. The van der Waals surface area contributed by atoms with Crippen molar-refractivity contribution in [1.82, 2.24) is 0 Å². The summed E-state index contributed by atoms with van der Waals surface area (Å²) in [5.41, 5.74) is 5.31. The average molecular weight is 290 g/mol. The van der Waals surface area contributed by atoms with E-state index < -0.39 is 24.1 Å². The molecule has 0 radical (unpaired) electrons. The van der Waals surface area contributed by atoms with Crippen LogP contribution < -0.4 is 5.73 Å². The molecule has 7 heteroatoms. The summed E-state index contributed by atoms with van der Waals surface area (Å²) in [5, 5.41) is 0. The Balaban J connectivity index is 0.00000289. The van der Waals surface area contributed by atoms with Gasteiger partial charge in [-0.3, -0.25) is 4.79 Å². The number of carbonyl (C=O) groups is 1. The highest BCUT2D eigenvalue weighted by atomic mass is 35.5. The molecule has 108 valence electrons. The van der Waals surface area contributed by atoms with E-state index in [1.807, 2.05) is 0 Å². The first-order valence-electron chi connectivity index (χ1n) is 5.79. The predicted octanol–water partition coefficient (Wildman–Crippen LogP) is 2.67. The number of esters is 1. The molecule has 0 aromatic carbocycles. The summed E-state index contributed by atoms with van der Waals surface area (Å²) in [7, 11) is 0. The van der Waals surface area contributed by atoms with Crippen LogP contribution in [0.2, 0.25) is 0 Å². The highest BCUT2D eigenvalue weighted by Gasteiger charge is 2.41. The lowest BCUT2D eigenvalue weighted by Gasteiger charge is -2.29. The van der Waals surface area contributed by atoms with Crippen LogP contribution in [-0.4, -0.2) is 24.8 Å². The molecule has 0 heterocycles. The molecule has 1 aliphatic carbocycles. The van der Waals surface area contributed by atoms with Gasteiger partial charge in [0.15, 0.2) is 0 Å². The minimum atomic E-state index is -4.09. The van der Waals surface area contributed by atoms with Gasteiger partial charge in [0.25, 0.3) is 0 Å². The molecule has 0 saturated heterocycles. The van der Waals surface area contributed by atoms with Gasteiger partial charge >= 0.3 is 12.1 Å². The summed E-state index contributed by atoms with van der Waals surface area (Å²) in [6.45, 7) is 1.70. The number of hydrogen-bond donors (Lipinski definition) is 1. The molecule has 1 fully saturated rings. The van der Waals surface area contributed by atoms with Crippen LogP contribution in [0.5, 0.6) is 0 Å². The van der Waals surface area contributed by atoms with E-state index in [-0.39, 0.29) is 37.8 Å². The zero-order valence-corrected chi connectivity index (χ0v) is 11.0. The third-order valence-corrected chi connectivity index (χ3v) is 3.14. The second-order valence-corrected chi connectivity index (χ2v) is 4.68. The average Bonchev–Trinajstić information content (AvgIpc) is 2.25. The van der Waals surface area contributed by atoms with Crippen molar-refractivity contribution in [3.8, 4) is 0 Å². The number of hydrogen-bond acceptors (Lipinski definition) is 3. The summed E-state index contributed by atoms with van der Waals surface area (Å²) < 4.78 is 42.1. The Kier molecular flexibility index (Phi) is 6.99.